The normalized spacial score (nSPS) is 13.8. The second kappa shape index (κ2) is 8.02. The molecule has 0 aliphatic rings. The third kappa shape index (κ3) is 5.75. The van der Waals surface area contributed by atoms with Gasteiger partial charge in [0.25, 0.3) is 0 Å². The number of hydrogen-bond acceptors (Lipinski definition) is 3. The zero-order valence-electron chi connectivity index (χ0n) is 12.3. The maximum absolute atomic E-state index is 12.8. The van der Waals surface area contributed by atoms with Gasteiger partial charge in [0.15, 0.2) is 0 Å². The van der Waals surface area contributed by atoms with E-state index in [1.54, 1.807) is 32.9 Å². The van der Waals surface area contributed by atoms with Crippen molar-refractivity contribution in [1.82, 2.24) is 5.32 Å². The number of aliphatic carboxylic acids is 1. The summed E-state index contributed by atoms with van der Waals surface area (Å²) < 4.78 is 12.8. The Kier molecular flexibility index (Phi) is 6.68. The molecule has 0 aliphatic carbocycles. The Hall–Kier alpha value is -1.56. The molecule has 0 spiro atoms. The van der Waals surface area contributed by atoms with Crippen LogP contribution < -0.4 is 5.32 Å². The maximum Gasteiger partial charge on any atom is 0.326 e. The van der Waals surface area contributed by atoms with Gasteiger partial charge in [0.2, 0.25) is 5.91 Å². The highest BCUT2D eigenvalue weighted by molar-refractivity contribution is 7.99. The molecule has 2 atom stereocenters. The molecule has 2 N–H and O–H groups in total. The Balaban J connectivity index is 2.50. The van der Waals surface area contributed by atoms with Gasteiger partial charge < -0.3 is 10.4 Å². The van der Waals surface area contributed by atoms with Crippen LogP contribution in [0.2, 0.25) is 0 Å². The number of rotatable bonds is 7. The molecule has 0 heterocycles. The molecule has 116 valence electrons. The number of hydrogen-bond donors (Lipinski definition) is 2. The minimum Gasteiger partial charge on any atom is -0.480 e. The summed E-state index contributed by atoms with van der Waals surface area (Å²) in [5.74, 6) is -1.63. The summed E-state index contributed by atoms with van der Waals surface area (Å²) in [5, 5.41) is 11.6. The van der Waals surface area contributed by atoms with Crippen molar-refractivity contribution in [3.63, 3.8) is 0 Å². The molecule has 21 heavy (non-hydrogen) atoms. The average Bonchev–Trinajstić information content (AvgIpc) is 2.42. The molecule has 0 saturated carbocycles. The van der Waals surface area contributed by atoms with E-state index in [1.165, 1.54) is 23.9 Å². The van der Waals surface area contributed by atoms with E-state index in [9.17, 15) is 14.0 Å². The summed E-state index contributed by atoms with van der Waals surface area (Å²) in [4.78, 5) is 23.9. The third-order valence-corrected chi connectivity index (χ3v) is 4.26. The van der Waals surface area contributed by atoms with Crippen LogP contribution in [0.3, 0.4) is 0 Å². The average molecular weight is 313 g/mol. The van der Waals surface area contributed by atoms with Gasteiger partial charge in [-0.25, -0.2) is 9.18 Å². The fraction of sp³-hybridized carbons (Fsp3) is 0.467. The highest BCUT2D eigenvalue weighted by Crippen LogP contribution is 2.21. The molecule has 0 aliphatic heterocycles. The monoisotopic (exact) mass is 313 g/mol. The molecular weight excluding hydrogens is 293 g/mol. The van der Waals surface area contributed by atoms with Crippen molar-refractivity contribution in [3.05, 3.63) is 30.1 Å². The van der Waals surface area contributed by atoms with Gasteiger partial charge in [0.05, 0.1) is 0 Å². The van der Waals surface area contributed by atoms with E-state index in [1.807, 2.05) is 0 Å². The fourth-order valence-electron chi connectivity index (χ4n) is 1.64. The van der Waals surface area contributed by atoms with Crippen LogP contribution in [-0.4, -0.2) is 28.8 Å². The molecule has 0 aromatic heterocycles. The summed E-state index contributed by atoms with van der Waals surface area (Å²) in [6.45, 7) is 5.24. The molecule has 0 saturated heterocycles. The molecule has 4 nitrogen and oxygen atoms in total. The number of benzene rings is 1. The Morgan fingerprint density at radius 2 is 1.81 bits per heavy atom. The number of carboxylic acids is 1. The summed E-state index contributed by atoms with van der Waals surface area (Å²) in [6.07, 6.45) is 0. The van der Waals surface area contributed by atoms with Gasteiger partial charge in [-0.2, -0.15) is 0 Å². The minimum absolute atomic E-state index is 0.177. The van der Waals surface area contributed by atoms with Crippen LogP contribution in [-0.2, 0) is 9.59 Å². The number of amides is 1. The number of nitrogens with one attached hydrogen (secondary N) is 1. The van der Waals surface area contributed by atoms with E-state index in [4.69, 9.17) is 5.11 Å². The number of halogens is 1. The smallest absolute Gasteiger partial charge is 0.326 e. The van der Waals surface area contributed by atoms with Crippen LogP contribution in [0.5, 0.6) is 0 Å². The first-order valence-electron chi connectivity index (χ1n) is 6.72. The number of carbonyl (C=O) groups excluding carboxylic acids is 1. The fourth-order valence-corrected chi connectivity index (χ4v) is 2.56. The SMILES string of the molecule is CC(CSc1ccc(F)cc1)C(=O)NC(C(=O)O)C(C)C. The highest BCUT2D eigenvalue weighted by Gasteiger charge is 2.25. The predicted molar refractivity (Wildman–Crippen MR) is 80.7 cm³/mol. The van der Waals surface area contributed by atoms with Crippen LogP contribution >= 0.6 is 11.8 Å². The largest absolute Gasteiger partial charge is 0.480 e. The van der Waals surface area contributed by atoms with Crippen molar-refractivity contribution in [1.29, 1.82) is 0 Å². The Morgan fingerprint density at radius 1 is 1.24 bits per heavy atom. The lowest BCUT2D eigenvalue weighted by Crippen LogP contribution is -2.46. The van der Waals surface area contributed by atoms with E-state index >= 15 is 0 Å². The maximum atomic E-state index is 12.8. The molecule has 1 aromatic rings. The molecule has 1 rings (SSSR count). The summed E-state index contributed by atoms with van der Waals surface area (Å²) in [7, 11) is 0. The molecule has 2 unspecified atom stereocenters. The van der Waals surface area contributed by atoms with Crippen molar-refractivity contribution >= 4 is 23.6 Å². The van der Waals surface area contributed by atoms with Crippen molar-refractivity contribution < 1.29 is 19.1 Å². The second-order valence-electron chi connectivity index (χ2n) is 5.23. The lowest BCUT2D eigenvalue weighted by Gasteiger charge is -2.20. The Bertz CT molecular complexity index is 490. The van der Waals surface area contributed by atoms with Gasteiger partial charge in [0.1, 0.15) is 11.9 Å². The van der Waals surface area contributed by atoms with Crippen LogP contribution in [0.1, 0.15) is 20.8 Å². The van der Waals surface area contributed by atoms with Gasteiger partial charge in [-0.05, 0) is 30.2 Å². The lowest BCUT2D eigenvalue weighted by molar-refractivity contribution is -0.143. The van der Waals surface area contributed by atoms with Crippen LogP contribution in [0.4, 0.5) is 4.39 Å². The molecule has 0 bridgehead atoms. The summed E-state index contributed by atoms with van der Waals surface area (Å²) in [5.41, 5.74) is 0. The number of thioether (sulfide) groups is 1. The Morgan fingerprint density at radius 3 is 2.29 bits per heavy atom. The first-order valence-corrected chi connectivity index (χ1v) is 7.71. The number of carbonyl (C=O) groups is 2. The van der Waals surface area contributed by atoms with Crippen molar-refractivity contribution in [2.45, 2.75) is 31.7 Å². The standard InChI is InChI=1S/C15H20FNO3S/c1-9(2)13(15(19)20)17-14(18)10(3)8-21-12-6-4-11(16)5-7-12/h4-7,9-10,13H,8H2,1-3H3,(H,17,18)(H,19,20). The second-order valence-corrected chi connectivity index (χ2v) is 6.33. The van der Waals surface area contributed by atoms with Gasteiger partial charge in [-0.1, -0.05) is 20.8 Å². The van der Waals surface area contributed by atoms with E-state index in [0.717, 1.165) is 4.90 Å². The lowest BCUT2D eigenvalue weighted by atomic mass is 10.0. The molecular formula is C15H20FNO3S. The van der Waals surface area contributed by atoms with Crippen LogP contribution in [0.15, 0.2) is 29.2 Å². The zero-order valence-corrected chi connectivity index (χ0v) is 13.1. The molecule has 6 heteroatoms. The van der Waals surface area contributed by atoms with Crippen LogP contribution in [0.25, 0.3) is 0 Å². The van der Waals surface area contributed by atoms with Gasteiger partial charge in [-0.15, -0.1) is 11.8 Å². The van der Waals surface area contributed by atoms with Gasteiger partial charge >= 0.3 is 5.97 Å². The van der Waals surface area contributed by atoms with Gasteiger partial charge in [0, 0.05) is 16.6 Å². The van der Waals surface area contributed by atoms with E-state index in [2.05, 4.69) is 5.32 Å². The highest BCUT2D eigenvalue weighted by atomic mass is 32.2. The zero-order chi connectivity index (χ0) is 16.0. The summed E-state index contributed by atoms with van der Waals surface area (Å²) >= 11 is 1.43. The molecule has 1 aromatic carbocycles. The molecule has 1 amide bonds. The van der Waals surface area contributed by atoms with Crippen molar-refractivity contribution in [3.8, 4) is 0 Å². The summed E-state index contributed by atoms with van der Waals surface area (Å²) in [6, 6.07) is 5.16. The van der Waals surface area contributed by atoms with E-state index in [0.29, 0.717) is 5.75 Å². The van der Waals surface area contributed by atoms with Crippen LogP contribution in [0, 0.1) is 17.7 Å². The van der Waals surface area contributed by atoms with Crippen molar-refractivity contribution in [2.24, 2.45) is 11.8 Å². The third-order valence-electron chi connectivity index (χ3n) is 2.99. The quantitative estimate of drug-likeness (QED) is 0.760. The first kappa shape index (κ1) is 17.5. The molecule has 0 fully saturated rings. The van der Waals surface area contributed by atoms with E-state index < -0.39 is 12.0 Å². The first-order chi connectivity index (χ1) is 9.81. The van der Waals surface area contributed by atoms with E-state index in [-0.39, 0.29) is 23.6 Å². The minimum atomic E-state index is -1.03. The Labute approximate surface area is 128 Å². The number of carboxylic acid groups (broad SMARTS) is 1. The van der Waals surface area contributed by atoms with Crippen molar-refractivity contribution in [2.75, 3.05) is 5.75 Å². The predicted octanol–water partition coefficient (Wildman–Crippen LogP) is 2.78. The topological polar surface area (TPSA) is 66.4 Å². The van der Waals surface area contributed by atoms with Gasteiger partial charge in [-0.3, -0.25) is 4.79 Å². The molecule has 0 radical (unpaired) electrons.